The minimum absolute atomic E-state index is 0.148. The molecule has 1 aromatic carbocycles. The van der Waals surface area contributed by atoms with Gasteiger partial charge in [-0.05, 0) is 63.1 Å². The van der Waals surface area contributed by atoms with Gasteiger partial charge in [0.2, 0.25) is 11.8 Å². The van der Waals surface area contributed by atoms with E-state index < -0.39 is 0 Å². The van der Waals surface area contributed by atoms with Gasteiger partial charge in [-0.15, -0.1) is 0 Å². The number of aryl methyl sites for hydroxylation is 1. The summed E-state index contributed by atoms with van der Waals surface area (Å²) in [4.78, 5) is 29.7. The van der Waals surface area contributed by atoms with Crippen molar-refractivity contribution in [2.45, 2.75) is 64.0 Å². The Bertz CT molecular complexity index is 708. The number of carbonyl (C=O) groups is 2. The Kier molecular flexibility index (Phi) is 6.00. The van der Waals surface area contributed by atoms with E-state index in [1.807, 2.05) is 17.0 Å². The molecule has 2 aliphatic heterocycles. The smallest absolute Gasteiger partial charge is 0.227 e. The van der Waals surface area contributed by atoms with E-state index in [2.05, 4.69) is 29.3 Å². The van der Waals surface area contributed by atoms with E-state index in [9.17, 15) is 9.59 Å². The standard InChI is InChI=1S/C23H33N3O2/c1-17-5-2-3-6-18(17)15-22(27)25-13-10-21(11-14-25)26-12-4-7-19(16-26)23(28)24-20-8-9-20/h2-3,5-6,19-21H,4,7-16H2,1H3,(H,24,28)/t19-/m1/s1. The zero-order valence-corrected chi connectivity index (χ0v) is 17.0. The fourth-order valence-electron chi connectivity index (χ4n) is 4.66. The van der Waals surface area contributed by atoms with Crippen LogP contribution in [-0.4, -0.2) is 59.9 Å². The Hall–Kier alpha value is -1.88. The number of piperidine rings is 2. The van der Waals surface area contributed by atoms with Crippen LogP contribution in [0.25, 0.3) is 0 Å². The second-order valence-corrected chi connectivity index (χ2v) is 8.83. The summed E-state index contributed by atoms with van der Waals surface area (Å²) >= 11 is 0. The molecule has 3 aliphatic rings. The first-order valence-electron chi connectivity index (χ1n) is 11.0. The number of benzene rings is 1. The normalized spacial score (nSPS) is 24.2. The highest BCUT2D eigenvalue weighted by atomic mass is 16.2. The molecule has 0 unspecified atom stereocenters. The van der Waals surface area contributed by atoms with Crippen molar-refractivity contribution in [1.29, 1.82) is 0 Å². The molecule has 2 amide bonds. The second-order valence-electron chi connectivity index (χ2n) is 8.83. The molecule has 1 N–H and O–H groups in total. The first-order chi connectivity index (χ1) is 13.6. The summed E-state index contributed by atoms with van der Waals surface area (Å²) in [5, 5.41) is 3.18. The van der Waals surface area contributed by atoms with Crippen molar-refractivity contribution in [3.05, 3.63) is 35.4 Å². The second kappa shape index (κ2) is 8.64. The molecule has 2 saturated heterocycles. The molecular formula is C23H33N3O2. The molecule has 1 aliphatic carbocycles. The number of amides is 2. The van der Waals surface area contributed by atoms with Crippen molar-refractivity contribution in [1.82, 2.24) is 15.1 Å². The van der Waals surface area contributed by atoms with Crippen LogP contribution in [0.4, 0.5) is 0 Å². The fraction of sp³-hybridized carbons (Fsp3) is 0.652. The van der Waals surface area contributed by atoms with E-state index in [4.69, 9.17) is 0 Å². The molecule has 2 heterocycles. The van der Waals surface area contributed by atoms with E-state index in [1.165, 1.54) is 5.56 Å². The van der Waals surface area contributed by atoms with Crippen molar-refractivity contribution >= 4 is 11.8 Å². The molecule has 1 saturated carbocycles. The third-order valence-corrected chi connectivity index (χ3v) is 6.68. The maximum Gasteiger partial charge on any atom is 0.227 e. The number of likely N-dealkylation sites (tertiary alicyclic amines) is 2. The monoisotopic (exact) mass is 383 g/mol. The van der Waals surface area contributed by atoms with E-state index >= 15 is 0 Å². The SMILES string of the molecule is Cc1ccccc1CC(=O)N1CCC(N2CCC[C@@H](C(=O)NC3CC3)C2)CC1. The van der Waals surface area contributed by atoms with E-state index in [0.29, 0.717) is 18.5 Å². The number of nitrogens with one attached hydrogen (secondary N) is 1. The molecule has 28 heavy (non-hydrogen) atoms. The molecule has 1 atom stereocenters. The number of hydrogen-bond acceptors (Lipinski definition) is 3. The van der Waals surface area contributed by atoms with Crippen LogP contribution in [0.1, 0.15) is 49.7 Å². The molecule has 0 aromatic heterocycles. The number of nitrogens with zero attached hydrogens (tertiary/aromatic N) is 2. The average Bonchev–Trinajstić information content (AvgIpc) is 3.54. The van der Waals surface area contributed by atoms with Gasteiger partial charge in [0.1, 0.15) is 0 Å². The van der Waals surface area contributed by atoms with Crippen LogP contribution in [-0.2, 0) is 16.0 Å². The highest BCUT2D eigenvalue weighted by Crippen LogP contribution is 2.26. The first-order valence-corrected chi connectivity index (χ1v) is 11.0. The summed E-state index contributed by atoms with van der Waals surface area (Å²) in [5.74, 6) is 0.654. The van der Waals surface area contributed by atoms with Gasteiger partial charge in [0, 0.05) is 31.7 Å². The third-order valence-electron chi connectivity index (χ3n) is 6.68. The average molecular weight is 384 g/mol. The van der Waals surface area contributed by atoms with Gasteiger partial charge in [0.25, 0.3) is 0 Å². The van der Waals surface area contributed by atoms with Crippen LogP contribution < -0.4 is 5.32 Å². The number of hydrogen-bond donors (Lipinski definition) is 1. The van der Waals surface area contributed by atoms with Crippen molar-refractivity contribution < 1.29 is 9.59 Å². The molecule has 0 spiro atoms. The summed E-state index contributed by atoms with van der Waals surface area (Å²) in [7, 11) is 0. The summed E-state index contributed by atoms with van der Waals surface area (Å²) in [6.07, 6.45) is 6.98. The van der Waals surface area contributed by atoms with Crippen molar-refractivity contribution in [2.75, 3.05) is 26.2 Å². The van der Waals surface area contributed by atoms with Crippen LogP contribution in [0.3, 0.4) is 0 Å². The van der Waals surface area contributed by atoms with E-state index in [-0.39, 0.29) is 17.7 Å². The molecule has 0 radical (unpaired) electrons. The first kappa shape index (κ1) is 19.4. The lowest BCUT2D eigenvalue weighted by atomic mass is 9.93. The van der Waals surface area contributed by atoms with Gasteiger partial charge in [-0.3, -0.25) is 14.5 Å². The Balaban J connectivity index is 1.25. The summed E-state index contributed by atoms with van der Waals surface area (Å²) < 4.78 is 0. The predicted octanol–water partition coefficient (Wildman–Crippen LogP) is 2.52. The summed E-state index contributed by atoms with van der Waals surface area (Å²) in [6.45, 7) is 5.73. The minimum Gasteiger partial charge on any atom is -0.353 e. The van der Waals surface area contributed by atoms with Gasteiger partial charge in [-0.25, -0.2) is 0 Å². The molecule has 1 aromatic rings. The highest BCUT2D eigenvalue weighted by Gasteiger charge is 2.34. The maximum absolute atomic E-state index is 12.7. The minimum atomic E-state index is 0.148. The predicted molar refractivity (Wildman–Crippen MR) is 110 cm³/mol. The van der Waals surface area contributed by atoms with Gasteiger partial charge in [-0.1, -0.05) is 24.3 Å². The number of rotatable bonds is 5. The Morgan fingerprint density at radius 2 is 1.79 bits per heavy atom. The zero-order valence-electron chi connectivity index (χ0n) is 17.0. The van der Waals surface area contributed by atoms with E-state index in [1.54, 1.807) is 0 Å². The largest absolute Gasteiger partial charge is 0.353 e. The molecular weight excluding hydrogens is 350 g/mol. The third kappa shape index (κ3) is 4.75. The molecule has 4 rings (SSSR count). The lowest BCUT2D eigenvalue weighted by Gasteiger charge is -2.42. The Labute approximate surface area is 168 Å². The van der Waals surface area contributed by atoms with Crippen LogP contribution >= 0.6 is 0 Å². The zero-order chi connectivity index (χ0) is 19.5. The van der Waals surface area contributed by atoms with Gasteiger partial charge >= 0.3 is 0 Å². The molecule has 152 valence electrons. The fourth-order valence-corrected chi connectivity index (χ4v) is 4.66. The van der Waals surface area contributed by atoms with Crippen LogP contribution in [0.15, 0.2) is 24.3 Å². The van der Waals surface area contributed by atoms with Crippen molar-refractivity contribution in [3.63, 3.8) is 0 Å². The quantitative estimate of drug-likeness (QED) is 0.850. The van der Waals surface area contributed by atoms with Crippen molar-refractivity contribution in [2.24, 2.45) is 5.92 Å². The topological polar surface area (TPSA) is 52.7 Å². The lowest BCUT2D eigenvalue weighted by Crippen LogP contribution is -2.51. The molecule has 0 bridgehead atoms. The lowest BCUT2D eigenvalue weighted by molar-refractivity contribution is -0.132. The summed E-state index contributed by atoms with van der Waals surface area (Å²) in [5.41, 5.74) is 2.32. The van der Waals surface area contributed by atoms with Gasteiger partial charge in [0.05, 0.1) is 12.3 Å². The molecule has 3 fully saturated rings. The highest BCUT2D eigenvalue weighted by molar-refractivity contribution is 5.80. The van der Waals surface area contributed by atoms with Gasteiger partial charge in [0.15, 0.2) is 0 Å². The van der Waals surface area contributed by atoms with Gasteiger partial charge in [-0.2, -0.15) is 0 Å². The van der Waals surface area contributed by atoms with E-state index in [0.717, 1.165) is 70.3 Å². The summed E-state index contributed by atoms with van der Waals surface area (Å²) in [6, 6.07) is 9.12. The van der Waals surface area contributed by atoms with Crippen LogP contribution in [0, 0.1) is 12.8 Å². The van der Waals surface area contributed by atoms with Crippen LogP contribution in [0.2, 0.25) is 0 Å². The molecule has 5 heteroatoms. The Morgan fingerprint density at radius 3 is 2.50 bits per heavy atom. The maximum atomic E-state index is 12.7. The molecule has 5 nitrogen and oxygen atoms in total. The van der Waals surface area contributed by atoms with Gasteiger partial charge < -0.3 is 10.2 Å². The van der Waals surface area contributed by atoms with Crippen LogP contribution in [0.5, 0.6) is 0 Å². The van der Waals surface area contributed by atoms with Crippen molar-refractivity contribution in [3.8, 4) is 0 Å². The Morgan fingerprint density at radius 1 is 1.04 bits per heavy atom. The number of carbonyl (C=O) groups excluding carboxylic acids is 2.